The number of pyridine rings is 1. The second-order valence-corrected chi connectivity index (χ2v) is 8.35. The summed E-state index contributed by atoms with van der Waals surface area (Å²) in [5.74, 6) is 0.361. The Morgan fingerprint density at radius 3 is 2.34 bits per heavy atom. The highest BCUT2D eigenvalue weighted by molar-refractivity contribution is 8.15. The summed E-state index contributed by atoms with van der Waals surface area (Å²) < 4.78 is 0. The van der Waals surface area contributed by atoms with Crippen molar-refractivity contribution >= 4 is 40.4 Å². The van der Waals surface area contributed by atoms with E-state index in [0.717, 1.165) is 27.9 Å². The molecule has 29 heavy (non-hydrogen) atoms. The van der Waals surface area contributed by atoms with Crippen LogP contribution in [-0.4, -0.2) is 33.4 Å². The van der Waals surface area contributed by atoms with Crippen LogP contribution in [-0.2, 0) is 4.79 Å². The van der Waals surface area contributed by atoms with Crippen LogP contribution in [0.4, 0.5) is 16.3 Å². The van der Waals surface area contributed by atoms with Crippen molar-refractivity contribution in [1.29, 1.82) is 0 Å². The van der Waals surface area contributed by atoms with E-state index < -0.39 is 11.3 Å². The molecule has 2 atom stereocenters. The Bertz CT molecular complexity index is 966. The van der Waals surface area contributed by atoms with Crippen LogP contribution in [0.1, 0.15) is 29.2 Å². The summed E-state index contributed by atoms with van der Waals surface area (Å²) in [4.78, 5) is 33.7. The fraction of sp³-hybridized carbons (Fsp3) is 0.333. The minimum atomic E-state index is -0.434. The van der Waals surface area contributed by atoms with Crippen LogP contribution in [0.15, 0.2) is 35.5 Å². The van der Waals surface area contributed by atoms with Gasteiger partial charge in [0.15, 0.2) is 5.17 Å². The fourth-order valence-corrected chi connectivity index (χ4v) is 4.30. The third-order valence-electron chi connectivity index (χ3n) is 4.64. The molecule has 3 rings (SSSR count). The molecule has 0 aliphatic carbocycles. The zero-order valence-corrected chi connectivity index (χ0v) is 18.0. The summed E-state index contributed by atoms with van der Waals surface area (Å²) >= 11 is 1.25. The molecule has 0 radical (unpaired) electrons. The smallest absolute Gasteiger partial charge is 0.325 e. The second kappa shape index (κ2) is 8.65. The Kier molecular flexibility index (Phi) is 6.22. The topological polar surface area (TPSA) is 95.5 Å². The van der Waals surface area contributed by atoms with Gasteiger partial charge < -0.3 is 5.32 Å². The number of aromatic nitrogens is 1. The first-order valence-electron chi connectivity index (χ1n) is 9.37. The first-order chi connectivity index (χ1) is 13.7. The predicted octanol–water partition coefficient (Wildman–Crippen LogP) is 3.94. The van der Waals surface area contributed by atoms with E-state index in [1.165, 1.54) is 11.8 Å². The molecule has 2 heterocycles. The number of anilines is 2. The molecule has 1 aromatic carbocycles. The molecule has 0 bridgehead atoms. The van der Waals surface area contributed by atoms with Crippen LogP contribution < -0.4 is 16.0 Å². The largest absolute Gasteiger partial charge is 0.326 e. The highest BCUT2D eigenvalue weighted by Crippen LogP contribution is 2.29. The summed E-state index contributed by atoms with van der Waals surface area (Å²) in [7, 11) is 0. The number of hydrogen-bond donors (Lipinski definition) is 3. The van der Waals surface area contributed by atoms with Crippen molar-refractivity contribution in [1.82, 2.24) is 10.3 Å². The standard InChI is InChI=1S/C21H25N5O2S/c1-11-9-13(3)16(14(4)10-11)24-19(27)17-15(5)23-21(29-17)26-20(28)25-18-12(2)7-6-8-22-18/h6-10,15,17H,1-5H3,(H,24,27)(H2,22,23,25,26,28). The van der Waals surface area contributed by atoms with Gasteiger partial charge in [-0.3, -0.25) is 20.4 Å². The molecule has 7 nitrogen and oxygen atoms in total. The minimum absolute atomic E-state index is 0.126. The quantitative estimate of drug-likeness (QED) is 0.713. The van der Waals surface area contributed by atoms with Crippen LogP contribution in [0.5, 0.6) is 0 Å². The van der Waals surface area contributed by atoms with Gasteiger partial charge in [-0.15, -0.1) is 0 Å². The lowest BCUT2D eigenvalue weighted by Gasteiger charge is -2.17. The van der Waals surface area contributed by atoms with Crippen molar-refractivity contribution < 1.29 is 9.59 Å². The number of rotatable bonds is 3. The molecule has 152 valence electrons. The zero-order chi connectivity index (χ0) is 21.1. The number of carbonyl (C=O) groups excluding carboxylic acids is 2. The summed E-state index contributed by atoms with van der Waals surface area (Å²) in [6.45, 7) is 9.72. The van der Waals surface area contributed by atoms with Crippen molar-refractivity contribution in [2.75, 3.05) is 10.6 Å². The maximum atomic E-state index is 12.8. The molecular formula is C21H25N5O2S. The van der Waals surface area contributed by atoms with Crippen LogP contribution in [0.2, 0.25) is 0 Å². The molecular weight excluding hydrogens is 386 g/mol. The summed E-state index contributed by atoms with van der Waals surface area (Å²) in [5, 5.41) is 8.44. The normalized spacial score (nSPS) is 18.2. The van der Waals surface area contributed by atoms with Gasteiger partial charge in [0.05, 0.1) is 6.04 Å². The van der Waals surface area contributed by atoms with Gasteiger partial charge in [-0.25, -0.2) is 9.78 Å². The van der Waals surface area contributed by atoms with E-state index in [0.29, 0.717) is 11.0 Å². The Hall–Kier alpha value is -2.87. The van der Waals surface area contributed by atoms with Crippen LogP contribution in [0, 0.1) is 27.7 Å². The first-order valence-corrected chi connectivity index (χ1v) is 10.3. The molecule has 8 heteroatoms. The van der Waals surface area contributed by atoms with E-state index in [4.69, 9.17) is 0 Å². The van der Waals surface area contributed by atoms with E-state index in [-0.39, 0.29) is 11.9 Å². The molecule has 3 N–H and O–H groups in total. The van der Waals surface area contributed by atoms with Crippen LogP contribution >= 0.6 is 11.8 Å². The van der Waals surface area contributed by atoms with Gasteiger partial charge in [0, 0.05) is 11.9 Å². The van der Waals surface area contributed by atoms with Gasteiger partial charge in [0.25, 0.3) is 0 Å². The molecule has 0 spiro atoms. The van der Waals surface area contributed by atoms with E-state index in [1.807, 2.05) is 52.8 Å². The van der Waals surface area contributed by atoms with Gasteiger partial charge >= 0.3 is 6.03 Å². The fourth-order valence-electron chi connectivity index (χ4n) is 3.26. The molecule has 3 amide bonds. The Morgan fingerprint density at radius 2 is 1.69 bits per heavy atom. The lowest BCUT2D eigenvalue weighted by molar-refractivity contribution is -0.115. The van der Waals surface area contributed by atoms with Crippen molar-refractivity contribution in [2.45, 2.75) is 45.9 Å². The van der Waals surface area contributed by atoms with E-state index in [1.54, 1.807) is 12.3 Å². The zero-order valence-electron chi connectivity index (χ0n) is 17.2. The summed E-state index contributed by atoms with van der Waals surface area (Å²) in [5.41, 5.74) is 4.90. The van der Waals surface area contributed by atoms with Gasteiger partial charge in [-0.1, -0.05) is 35.5 Å². The summed E-state index contributed by atoms with van der Waals surface area (Å²) in [6, 6.07) is 7.07. The molecule has 0 saturated carbocycles. The number of nitrogens with zero attached hydrogens (tertiary/aromatic N) is 2. The molecule has 1 aliphatic heterocycles. The number of nitrogens with one attached hydrogen (secondary N) is 3. The molecule has 1 aliphatic rings. The third kappa shape index (κ3) is 4.95. The second-order valence-electron chi connectivity index (χ2n) is 7.22. The highest BCUT2D eigenvalue weighted by atomic mass is 32.2. The van der Waals surface area contributed by atoms with Crippen molar-refractivity contribution in [3.8, 4) is 0 Å². The van der Waals surface area contributed by atoms with Crippen LogP contribution in [0.3, 0.4) is 0 Å². The minimum Gasteiger partial charge on any atom is -0.325 e. The predicted molar refractivity (Wildman–Crippen MR) is 119 cm³/mol. The van der Waals surface area contributed by atoms with Crippen molar-refractivity contribution in [3.05, 3.63) is 52.7 Å². The van der Waals surface area contributed by atoms with Crippen molar-refractivity contribution in [2.24, 2.45) is 4.99 Å². The molecule has 2 aromatic rings. The number of hydrogen-bond acceptors (Lipinski definition) is 5. The van der Waals surface area contributed by atoms with Gasteiger partial charge in [0.1, 0.15) is 11.1 Å². The maximum Gasteiger partial charge on any atom is 0.326 e. The average Bonchev–Trinajstić information content (AvgIpc) is 3.00. The number of thioether (sulfide) groups is 1. The highest BCUT2D eigenvalue weighted by Gasteiger charge is 2.34. The van der Waals surface area contributed by atoms with Gasteiger partial charge in [0.2, 0.25) is 5.91 Å². The number of amidine groups is 1. The Labute approximate surface area is 174 Å². The number of aryl methyl sites for hydroxylation is 4. The molecule has 0 saturated heterocycles. The summed E-state index contributed by atoms with van der Waals surface area (Å²) in [6.07, 6.45) is 1.61. The third-order valence-corrected chi connectivity index (χ3v) is 5.94. The molecule has 0 fully saturated rings. The lowest BCUT2D eigenvalue weighted by Crippen LogP contribution is -2.34. The molecule has 1 aromatic heterocycles. The number of benzene rings is 1. The van der Waals surface area contributed by atoms with Crippen LogP contribution in [0.25, 0.3) is 0 Å². The van der Waals surface area contributed by atoms with E-state index >= 15 is 0 Å². The Morgan fingerprint density at radius 1 is 1.00 bits per heavy atom. The number of urea groups is 1. The Balaban J connectivity index is 1.61. The number of carbonyl (C=O) groups is 2. The van der Waals surface area contributed by atoms with E-state index in [9.17, 15) is 9.59 Å². The first kappa shape index (κ1) is 20.9. The monoisotopic (exact) mass is 411 g/mol. The van der Waals surface area contributed by atoms with Gasteiger partial charge in [-0.2, -0.15) is 0 Å². The maximum absolute atomic E-state index is 12.8. The lowest BCUT2D eigenvalue weighted by atomic mass is 10.0. The number of aliphatic imine (C=N–C) groups is 1. The van der Waals surface area contributed by atoms with Crippen molar-refractivity contribution in [3.63, 3.8) is 0 Å². The van der Waals surface area contributed by atoms with E-state index in [2.05, 4.69) is 25.9 Å². The average molecular weight is 412 g/mol. The van der Waals surface area contributed by atoms with Gasteiger partial charge in [-0.05, 0) is 57.4 Å². The SMILES string of the molecule is Cc1cc(C)c(NC(=O)C2SC(NC(=O)Nc3ncccc3C)=NC2C)c(C)c1. The number of amides is 3. The molecule has 2 unspecified atom stereocenters.